The van der Waals surface area contributed by atoms with Gasteiger partial charge in [0.2, 0.25) is 0 Å². The summed E-state index contributed by atoms with van der Waals surface area (Å²) in [5.41, 5.74) is -0.270. The first-order valence-corrected chi connectivity index (χ1v) is 14.1. The third-order valence-electron chi connectivity index (χ3n) is 14.1. The van der Waals surface area contributed by atoms with Crippen LogP contribution in [-0.4, -0.2) is 28.6 Å². The molecule has 192 valence electrons. The summed E-state index contributed by atoms with van der Waals surface area (Å²) in [5, 5.41) is 20.9. The summed E-state index contributed by atoms with van der Waals surface area (Å²) in [4.78, 5) is 25.1. The maximum absolute atomic E-state index is 12.7. The van der Waals surface area contributed by atoms with Gasteiger partial charge in [-0.25, -0.2) is 0 Å². The molecule has 0 aromatic heterocycles. The molecule has 10 atom stereocenters. The number of aliphatic hydroxyl groups excluding tert-OH is 1. The second-order valence-electron chi connectivity index (χ2n) is 14.9. The van der Waals surface area contributed by atoms with E-state index in [1.807, 2.05) is 6.92 Å². The molecule has 0 heterocycles. The standard InChI is InChI=1S/C30H48O4/c1-19-20(32)7-8-21-26(19,3)10-9-22-27(21,4)12-13-29(6)23-17-25(2,24(33)34)11-15-30(23,18-31)16-14-28(22,29)5/h19,21-23,31H,7-18H2,1-6H3,(H,33,34). The summed E-state index contributed by atoms with van der Waals surface area (Å²) >= 11 is 0. The average Bonchev–Trinajstić information content (AvgIpc) is 2.79. The predicted octanol–water partition coefficient (Wildman–Crippen LogP) is 6.49. The van der Waals surface area contributed by atoms with E-state index in [0.717, 1.165) is 44.9 Å². The maximum atomic E-state index is 12.7. The Morgan fingerprint density at radius 3 is 2.09 bits per heavy atom. The summed E-state index contributed by atoms with van der Waals surface area (Å²) in [5.74, 6) is 1.41. The van der Waals surface area contributed by atoms with Gasteiger partial charge in [0.15, 0.2) is 0 Å². The van der Waals surface area contributed by atoms with Crippen molar-refractivity contribution >= 4 is 11.8 Å². The topological polar surface area (TPSA) is 74.6 Å². The molecule has 4 nitrogen and oxygen atoms in total. The molecular weight excluding hydrogens is 424 g/mol. The second kappa shape index (κ2) is 7.33. The van der Waals surface area contributed by atoms with E-state index in [1.54, 1.807) is 0 Å². The molecule has 0 bridgehead atoms. The lowest BCUT2D eigenvalue weighted by Gasteiger charge is -2.74. The molecule has 0 spiro atoms. The van der Waals surface area contributed by atoms with E-state index in [9.17, 15) is 19.8 Å². The number of fused-ring (bicyclic) bond motifs is 7. The summed E-state index contributed by atoms with van der Waals surface area (Å²) < 4.78 is 0. The molecule has 0 aliphatic heterocycles. The Kier molecular flexibility index (Phi) is 5.34. The number of ketones is 1. The van der Waals surface area contributed by atoms with Crippen molar-refractivity contribution in [1.29, 1.82) is 0 Å². The SMILES string of the molecule is CC1C(=O)CCC2C1(C)CCC1C2(C)CCC2(C)C3CC(C)(C(=O)O)CCC3(CO)CCC12C. The number of carbonyl (C=O) groups is 2. The molecular formula is C30H48O4. The van der Waals surface area contributed by atoms with Gasteiger partial charge in [-0.1, -0.05) is 34.6 Å². The lowest BCUT2D eigenvalue weighted by Crippen LogP contribution is -2.68. The van der Waals surface area contributed by atoms with E-state index in [4.69, 9.17) is 0 Å². The van der Waals surface area contributed by atoms with Crippen LogP contribution in [0.2, 0.25) is 0 Å². The smallest absolute Gasteiger partial charge is 0.309 e. The third kappa shape index (κ3) is 2.81. The van der Waals surface area contributed by atoms with Crippen LogP contribution in [0.3, 0.4) is 0 Å². The first kappa shape index (κ1) is 24.8. The molecule has 0 saturated heterocycles. The van der Waals surface area contributed by atoms with Crippen molar-refractivity contribution in [1.82, 2.24) is 0 Å². The van der Waals surface area contributed by atoms with E-state index in [-0.39, 0.29) is 45.5 Å². The number of carboxylic acids is 1. The van der Waals surface area contributed by atoms with E-state index in [2.05, 4.69) is 34.6 Å². The van der Waals surface area contributed by atoms with Crippen LogP contribution in [0, 0.1) is 56.2 Å². The van der Waals surface area contributed by atoms with Crippen molar-refractivity contribution in [2.24, 2.45) is 56.2 Å². The van der Waals surface area contributed by atoms with Crippen molar-refractivity contribution in [3.05, 3.63) is 0 Å². The van der Waals surface area contributed by atoms with Gasteiger partial charge < -0.3 is 10.2 Å². The number of hydrogen-bond donors (Lipinski definition) is 2. The molecule has 34 heavy (non-hydrogen) atoms. The van der Waals surface area contributed by atoms with Crippen molar-refractivity contribution < 1.29 is 19.8 Å². The zero-order valence-electron chi connectivity index (χ0n) is 22.5. The number of Topliss-reactive ketones (excluding diaryl/α,β-unsaturated/α-hetero) is 1. The molecule has 2 N–H and O–H groups in total. The van der Waals surface area contributed by atoms with E-state index < -0.39 is 11.4 Å². The minimum absolute atomic E-state index is 0.0408. The molecule has 5 aliphatic carbocycles. The number of carbonyl (C=O) groups excluding carboxylic acids is 1. The fourth-order valence-electron chi connectivity index (χ4n) is 11.3. The first-order valence-electron chi connectivity index (χ1n) is 14.1. The zero-order valence-corrected chi connectivity index (χ0v) is 22.5. The Morgan fingerprint density at radius 1 is 0.824 bits per heavy atom. The van der Waals surface area contributed by atoms with Gasteiger partial charge in [0.1, 0.15) is 5.78 Å². The highest BCUT2D eigenvalue weighted by Crippen LogP contribution is 2.78. The number of aliphatic hydroxyl groups is 1. The zero-order chi connectivity index (χ0) is 24.9. The molecule has 4 heteroatoms. The molecule has 0 aromatic rings. The maximum Gasteiger partial charge on any atom is 0.309 e. The van der Waals surface area contributed by atoms with Gasteiger partial charge in [-0.2, -0.15) is 0 Å². The van der Waals surface area contributed by atoms with Gasteiger partial charge in [-0.3, -0.25) is 9.59 Å². The van der Waals surface area contributed by atoms with Crippen LogP contribution in [0.1, 0.15) is 112 Å². The lowest BCUT2D eigenvalue weighted by atomic mass is 9.30. The Labute approximate surface area is 206 Å². The number of carboxylic acid groups (broad SMARTS) is 1. The lowest BCUT2D eigenvalue weighted by molar-refractivity contribution is -0.263. The fraction of sp³-hybridized carbons (Fsp3) is 0.933. The summed E-state index contributed by atoms with van der Waals surface area (Å²) in [6.07, 6.45) is 10.8. The van der Waals surface area contributed by atoms with Gasteiger partial charge in [-0.05, 0) is 116 Å². The van der Waals surface area contributed by atoms with Crippen molar-refractivity contribution in [3.63, 3.8) is 0 Å². The van der Waals surface area contributed by atoms with Gasteiger partial charge in [0.05, 0.1) is 5.41 Å². The largest absolute Gasteiger partial charge is 0.481 e. The molecule has 10 unspecified atom stereocenters. The molecule has 0 amide bonds. The van der Waals surface area contributed by atoms with Crippen molar-refractivity contribution in [2.75, 3.05) is 6.61 Å². The Morgan fingerprint density at radius 2 is 1.44 bits per heavy atom. The normalized spacial score (nSPS) is 57.1. The van der Waals surface area contributed by atoms with Gasteiger partial charge in [0, 0.05) is 18.9 Å². The van der Waals surface area contributed by atoms with E-state index >= 15 is 0 Å². The summed E-state index contributed by atoms with van der Waals surface area (Å²) in [6.45, 7) is 14.3. The number of aliphatic carboxylic acids is 1. The minimum atomic E-state index is -0.685. The van der Waals surface area contributed by atoms with E-state index in [0.29, 0.717) is 30.5 Å². The van der Waals surface area contributed by atoms with Gasteiger partial charge in [0.25, 0.3) is 0 Å². The third-order valence-corrected chi connectivity index (χ3v) is 14.1. The predicted molar refractivity (Wildman–Crippen MR) is 133 cm³/mol. The monoisotopic (exact) mass is 472 g/mol. The summed E-state index contributed by atoms with van der Waals surface area (Å²) in [7, 11) is 0. The molecule has 5 rings (SSSR count). The molecule has 0 aromatic carbocycles. The minimum Gasteiger partial charge on any atom is -0.481 e. The number of rotatable bonds is 2. The summed E-state index contributed by atoms with van der Waals surface area (Å²) in [6, 6.07) is 0. The number of hydrogen-bond acceptors (Lipinski definition) is 3. The second-order valence-corrected chi connectivity index (χ2v) is 14.9. The fourth-order valence-corrected chi connectivity index (χ4v) is 11.3. The van der Waals surface area contributed by atoms with Crippen LogP contribution in [0.15, 0.2) is 0 Å². The highest BCUT2D eigenvalue weighted by atomic mass is 16.4. The van der Waals surface area contributed by atoms with Crippen LogP contribution in [0.4, 0.5) is 0 Å². The van der Waals surface area contributed by atoms with Crippen molar-refractivity contribution in [2.45, 2.75) is 112 Å². The van der Waals surface area contributed by atoms with Gasteiger partial charge >= 0.3 is 5.97 Å². The van der Waals surface area contributed by atoms with Gasteiger partial charge in [-0.15, -0.1) is 0 Å². The Bertz CT molecular complexity index is 898. The average molecular weight is 473 g/mol. The highest BCUT2D eigenvalue weighted by molar-refractivity contribution is 5.82. The molecule has 5 fully saturated rings. The Balaban J connectivity index is 1.56. The Hall–Kier alpha value is -0.900. The van der Waals surface area contributed by atoms with Crippen LogP contribution in [-0.2, 0) is 9.59 Å². The van der Waals surface area contributed by atoms with Crippen LogP contribution in [0.5, 0.6) is 0 Å². The molecule has 0 radical (unpaired) electrons. The van der Waals surface area contributed by atoms with Crippen molar-refractivity contribution in [3.8, 4) is 0 Å². The molecule has 5 aliphatic rings. The van der Waals surface area contributed by atoms with Crippen LogP contribution >= 0.6 is 0 Å². The quantitative estimate of drug-likeness (QED) is 0.481. The molecule has 5 saturated carbocycles. The van der Waals surface area contributed by atoms with E-state index in [1.165, 1.54) is 12.8 Å². The van der Waals surface area contributed by atoms with Crippen LogP contribution < -0.4 is 0 Å². The first-order chi connectivity index (χ1) is 15.7. The van der Waals surface area contributed by atoms with Crippen LogP contribution in [0.25, 0.3) is 0 Å². The highest BCUT2D eigenvalue weighted by Gasteiger charge is 2.71.